The number of hydrogen-bond donors (Lipinski definition) is 2. The molecule has 0 aliphatic heterocycles. The van der Waals surface area contributed by atoms with Crippen LogP contribution >= 0.6 is 0 Å². The number of amides is 1. The van der Waals surface area contributed by atoms with Gasteiger partial charge in [0.2, 0.25) is 5.91 Å². The zero-order valence-corrected chi connectivity index (χ0v) is 11.7. The number of ether oxygens (including phenoxy) is 1. The van der Waals surface area contributed by atoms with Gasteiger partial charge in [-0.1, -0.05) is 19.8 Å². The maximum absolute atomic E-state index is 11.6. The number of esters is 1. The van der Waals surface area contributed by atoms with E-state index in [2.05, 4.69) is 17.0 Å². The van der Waals surface area contributed by atoms with Gasteiger partial charge in [0.1, 0.15) is 6.04 Å². The SMILES string of the molecule is CCCC(CCN)CCC(=O)NC(C)C(=O)OC. The Morgan fingerprint density at radius 3 is 2.44 bits per heavy atom. The van der Waals surface area contributed by atoms with Gasteiger partial charge in [-0.3, -0.25) is 4.79 Å². The number of carbonyl (C=O) groups is 2. The highest BCUT2D eigenvalue weighted by atomic mass is 16.5. The summed E-state index contributed by atoms with van der Waals surface area (Å²) >= 11 is 0. The molecule has 0 spiro atoms. The molecule has 5 heteroatoms. The van der Waals surface area contributed by atoms with Crippen LogP contribution < -0.4 is 11.1 Å². The van der Waals surface area contributed by atoms with Crippen molar-refractivity contribution in [2.24, 2.45) is 11.7 Å². The van der Waals surface area contributed by atoms with Crippen LogP contribution in [-0.2, 0) is 14.3 Å². The van der Waals surface area contributed by atoms with Gasteiger partial charge >= 0.3 is 5.97 Å². The van der Waals surface area contributed by atoms with Gasteiger partial charge in [0.15, 0.2) is 0 Å². The summed E-state index contributed by atoms with van der Waals surface area (Å²) in [5.74, 6) is -0.0272. The van der Waals surface area contributed by atoms with Crippen molar-refractivity contribution in [1.82, 2.24) is 5.32 Å². The summed E-state index contributed by atoms with van der Waals surface area (Å²) in [5.41, 5.74) is 5.54. The summed E-state index contributed by atoms with van der Waals surface area (Å²) in [6, 6.07) is -0.582. The average molecular weight is 258 g/mol. The normalized spacial score (nSPS) is 13.8. The standard InChI is InChI=1S/C13H26N2O3/c1-4-5-11(8-9-14)6-7-12(16)15-10(2)13(17)18-3/h10-11H,4-9,14H2,1-3H3,(H,15,16). The van der Waals surface area contributed by atoms with Crippen molar-refractivity contribution in [1.29, 1.82) is 0 Å². The van der Waals surface area contributed by atoms with E-state index in [1.54, 1.807) is 6.92 Å². The molecular formula is C13H26N2O3. The van der Waals surface area contributed by atoms with Crippen LogP contribution in [-0.4, -0.2) is 31.6 Å². The smallest absolute Gasteiger partial charge is 0.328 e. The predicted molar refractivity (Wildman–Crippen MR) is 70.9 cm³/mol. The Balaban J connectivity index is 3.96. The van der Waals surface area contributed by atoms with Gasteiger partial charge in [0.05, 0.1) is 7.11 Å². The Hall–Kier alpha value is -1.10. The molecule has 0 bridgehead atoms. The third-order valence-electron chi connectivity index (χ3n) is 2.98. The second-order valence-corrected chi connectivity index (χ2v) is 4.58. The van der Waals surface area contributed by atoms with E-state index in [4.69, 9.17) is 5.73 Å². The van der Waals surface area contributed by atoms with Crippen LogP contribution in [0.3, 0.4) is 0 Å². The molecule has 18 heavy (non-hydrogen) atoms. The zero-order valence-electron chi connectivity index (χ0n) is 11.7. The number of rotatable bonds is 9. The molecule has 2 atom stereocenters. The zero-order chi connectivity index (χ0) is 14.0. The fourth-order valence-electron chi connectivity index (χ4n) is 1.96. The molecule has 0 rings (SSSR count). The lowest BCUT2D eigenvalue weighted by Gasteiger charge is -2.16. The third-order valence-corrected chi connectivity index (χ3v) is 2.98. The number of methoxy groups -OCH3 is 1. The van der Waals surface area contributed by atoms with E-state index in [0.29, 0.717) is 18.9 Å². The van der Waals surface area contributed by atoms with Crippen molar-refractivity contribution in [2.75, 3.05) is 13.7 Å². The summed E-state index contributed by atoms with van der Waals surface area (Å²) in [7, 11) is 1.31. The molecule has 0 aliphatic rings. The molecule has 1 amide bonds. The summed E-state index contributed by atoms with van der Waals surface area (Å²) in [4.78, 5) is 22.8. The summed E-state index contributed by atoms with van der Waals surface area (Å²) in [6.07, 6.45) is 4.41. The minimum absolute atomic E-state index is 0.106. The molecule has 2 unspecified atom stereocenters. The van der Waals surface area contributed by atoms with Crippen LogP contribution in [0, 0.1) is 5.92 Å². The summed E-state index contributed by atoms with van der Waals surface area (Å²) in [6.45, 7) is 4.40. The van der Waals surface area contributed by atoms with E-state index in [1.165, 1.54) is 7.11 Å². The second-order valence-electron chi connectivity index (χ2n) is 4.58. The Kier molecular flexibility index (Phi) is 9.28. The first-order valence-electron chi connectivity index (χ1n) is 6.62. The highest BCUT2D eigenvalue weighted by Crippen LogP contribution is 2.16. The van der Waals surface area contributed by atoms with Crippen LogP contribution in [0.25, 0.3) is 0 Å². The van der Waals surface area contributed by atoms with Crippen molar-refractivity contribution in [2.45, 2.75) is 52.0 Å². The van der Waals surface area contributed by atoms with Gasteiger partial charge in [0.25, 0.3) is 0 Å². The topological polar surface area (TPSA) is 81.4 Å². The first-order chi connectivity index (χ1) is 8.54. The van der Waals surface area contributed by atoms with Crippen molar-refractivity contribution >= 4 is 11.9 Å². The molecule has 0 aromatic rings. The molecule has 0 radical (unpaired) electrons. The summed E-state index contributed by atoms with van der Waals surface area (Å²) in [5, 5.41) is 2.63. The van der Waals surface area contributed by atoms with Crippen LogP contribution in [0.15, 0.2) is 0 Å². The highest BCUT2D eigenvalue weighted by molar-refractivity contribution is 5.83. The molecule has 106 valence electrons. The maximum Gasteiger partial charge on any atom is 0.328 e. The van der Waals surface area contributed by atoms with E-state index in [1.807, 2.05) is 0 Å². The molecular weight excluding hydrogens is 232 g/mol. The van der Waals surface area contributed by atoms with Gasteiger partial charge in [-0.15, -0.1) is 0 Å². The van der Waals surface area contributed by atoms with Gasteiger partial charge in [-0.25, -0.2) is 4.79 Å². The summed E-state index contributed by atoms with van der Waals surface area (Å²) < 4.78 is 4.55. The Morgan fingerprint density at radius 1 is 1.28 bits per heavy atom. The minimum atomic E-state index is -0.582. The van der Waals surface area contributed by atoms with Crippen molar-refractivity contribution < 1.29 is 14.3 Å². The van der Waals surface area contributed by atoms with E-state index < -0.39 is 12.0 Å². The van der Waals surface area contributed by atoms with E-state index in [-0.39, 0.29) is 5.91 Å². The van der Waals surface area contributed by atoms with Gasteiger partial charge in [-0.2, -0.15) is 0 Å². The number of carbonyl (C=O) groups excluding carboxylic acids is 2. The quantitative estimate of drug-likeness (QED) is 0.609. The van der Waals surface area contributed by atoms with Crippen LogP contribution in [0.2, 0.25) is 0 Å². The molecule has 0 saturated heterocycles. The van der Waals surface area contributed by atoms with Crippen LogP contribution in [0.4, 0.5) is 0 Å². The molecule has 0 aromatic carbocycles. The number of nitrogens with two attached hydrogens (primary N) is 1. The average Bonchev–Trinajstić information content (AvgIpc) is 2.35. The predicted octanol–water partition coefficient (Wildman–Crippen LogP) is 1.21. The number of hydrogen-bond acceptors (Lipinski definition) is 4. The maximum atomic E-state index is 11.6. The van der Waals surface area contributed by atoms with Gasteiger partial charge in [0, 0.05) is 6.42 Å². The second kappa shape index (κ2) is 9.88. The third kappa shape index (κ3) is 7.27. The first kappa shape index (κ1) is 16.9. The van der Waals surface area contributed by atoms with Crippen LogP contribution in [0.1, 0.15) is 46.0 Å². The lowest BCUT2D eigenvalue weighted by Crippen LogP contribution is -2.39. The fraction of sp³-hybridized carbons (Fsp3) is 0.846. The molecule has 0 heterocycles. The van der Waals surface area contributed by atoms with Gasteiger partial charge in [-0.05, 0) is 32.2 Å². The monoisotopic (exact) mass is 258 g/mol. The fourth-order valence-corrected chi connectivity index (χ4v) is 1.96. The molecule has 0 aliphatic carbocycles. The van der Waals surface area contributed by atoms with Crippen LogP contribution in [0.5, 0.6) is 0 Å². The molecule has 3 N–H and O–H groups in total. The van der Waals surface area contributed by atoms with E-state index in [9.17, 15) is 9.59 Å². The Morgan fingerprint density at radius 2 is 1.94 bits per heavy atom. The molecule has 0 saturated carbocycles. The first-order valence-corrected chi connectivity index (χ1v) is 6.62. The van der Waals surface area contributed by atoms with Crippen molar-refractivity contribution in [3.63, 3.8) is 0 Å². The largest absolute Gasteiger partial charge is 0.467 e. The minimum Gasteiger partial charge on any atom is -0.467 e. The lowest BCUT2D eigenvalue weighted by atomic mass is 9.94. The van der Waals surface area contributed by atoms with E-state index >= 15 is 0 Å². The Labute approximate surface area is 109 Å². The van der Waals surface area contributed by atoms with E-state index in [0.717, 1.165) is 25.7 Å². The van der Waals surface area contributed by atoms with Gasteiger partial charge < -0.3 is 15.8 Å². The number of nitrogens with one attached hydrogen (secondary N) is 1. The molecule has 0 fully saturated rings. The van der Waals surface area contributed by atoms with Crippen molar-refractivity contribution in [3.8, 4) is 0 Å². The Bertz CT molecular complexity index is 251. The molecule has 5 nitrogen and oxygen atoms in total. The lowest BCUT2D eigenvalue weighted by molar-refractivity contribution is -0.144. The highest BCUT2D eigenvalue weighted by Gasteiger charge is 2.16. The van der Waals surface area contributed by atoms with Crippen molar-refractivity contribution in [3.05, 3.63) is 0 Å². The molecule has 0 aromatic heterocycles.